The van der Waals surface area contributed by atoms with Gasteiger partial charge in [-0.25, -0.2) is 4.79 Å². The number of nitrogen functional groups attached to an aromatic ring is 1. The van der Waals surface area contributed by atoms with Gasteiger partial charge in [0.1, 0.15) is 5.69 Å². The molecular weight excluding hydrogens is 240 g/mol. The lowest BCUT2D eigenvalue weighted by Gasteiger charge is -2.08. The van der Waals surface area contributed by atoms with E-state index >= 15 is 0 Å². The Labute approximate surface area is 109 Å². The largest absolute Gasteiger partial charge is 0.477 e. The first kappa shape index (κ1) is 11.3. The maximum atomic E-state index is 11.4. The van der Waals surface area contributed by atoms with Crippen LogP contribution in [0, 0.1) is 0 Å². The van der Waals surface area contributed by atoms with Gasteiger partial charge in [-0.05, 0) is 36.4 Å². The maximum absolute atomic E-state index is 11.4. The van der Waals surface area contributed by atoms with Crippen molar-refractivity contribution >= 4 is 22.6 Å². The van der Waals surface area contributed by atoms with Crippen molar-refractivity contribution in [2.24, 2.45) is 0 Å². The van der Waals surface area contributed by atoms with Crippen molar-refractivity contribution in [2.45, 2.75) is 0 Å². The van der Waals surface area contributed by atoms with Crippen LogP contribution in [0.1, 0.15) is 10.5 Å². The lowest BCUT2D eigenvalue weighted by molar-refractivity contribution is 0.0688. The Morgan fingerprint density at radius 2 is 1.74 bits per heavy atom. The summed E-state index contributed by atoms with van der Waals surface area (Å²) >= 11 is 0. The van der Waals surface area contributed by atoms with Gasteiger partial charge in [-0.2, -0.15) is 0 Å². The summed E-state index contributed by atoms with van der Waals surface area (Å²) in [6.45, 7) is 0. The summed E-state index contributed by atoms with van der Waals surface area (Å²) in [5.74, 6) is -0.951. The second kappa shape index (κ2) is 4.17. The van der Waals surface area contributed by atoms with Gasteiger partial charge in [0, 0.05) is 16.8 Å². The zero-order valence-corrected chi connectivity index (χ0v) is 10.1. The van der Waals surface area contributed by atoms with E-state index in [9.17, 15) is 9.90 Å². The third-order valence-electron chi connectivity index (χ3n) is 3.08. The van der Waals surface area contributed by atoms with Gasteiger partial charge in [0.15, 0.2) is 0 Å². The van der Waals surface area contributed by atoms with E-state index in [2.05, 4.69) is 0 Å². The van der Waals surface area contributed by atoms with Crippen molar-refractivity contribution < 1.29 is 9.90 Å². The average Bonchev–Trinajstić information content (AvgIpc) is 2.79. The van der Waals surface area contributed by atoms with E-state index in [1.807, 2.05) is 36.4 Å². The molecule has 3 N–H and O–H groups in total. The average molecular weight is 252 g/mol. The summed E-state index contributed by atoms with van der Waals surface area (Å²) in [7, 11) is 0. The SMILES string of the molecule is Nc1ccc(-n2c(C(=O)O)cc3ccccc32)cc1. The Morgan fingerprint density at radius 3 is 2.42 bits per heavy atom. The minimum atomic E-state index is -0.951. The van der Waals surface area contributed by atoms with Gasteiger partial charge < -0.3 is 15.4 Å². The smallest absolute Gasteiger partial charge is 0.352 e. The van der Waals surface area contributed by atoms with Crippen molar-refractivity contribution in [1.82, 2.24) is 4.57 Å². The van der Waals surface area contributed by atoms with Crippen LogP contribution >= 0.6 is 0 Å². The molecule has 1 heterocycles. The Balaban J connectivity index is 2.34. The van der Waals surface area contributed by atoms with E-state index in [1.54, 1.807) is 22.8 Å². The molecule has 4 nitrogen and oxygen atoms in total. The fraction of sp³-hybridized carbons (Fsp3) is 0. The molecule has 0 atom stereocenters. The molecule has 0 saturated heterocycles. The Kier molecular flexibility index (Phi) is 2.49. The highest BCUT2D eigenvalue weighted by molar-refractivity contribution is 5.96. The third kappa shape index (κ3) is 1.83. The zero-order valence-electron chi connectivity index (χ0n) is 10.1. The number of hydrogen-bond acceptors (Lipinski definition) is 2. The van der Waals surface area contributed by atoms with Crippen LogP contribution in [0.2, 0.25) is 0 Å². The second-order valence-corrected chi connectivity index (χ2v) is 4.32. The zero-order chi connectivity index (χ0) is 13.4. The molecule has 0 aliphatic heterocycles. The van der Waals surface area contributed by atoms with Crippen LogP contribution in [-0.4, -0.2) is 15.6 Å². The first-order valence-corrected chi connectivity index (χ1v) is 5.86. The number of para-hydroxylation sites is 1. The van der Waals surface area contributed by atoms with Crippen molar-refractivity contribution in [3.63, 3.8) is 0 Å². The van der Waals surface area contributed by atoms with Gasteiger partial charge >= 0.3 is 5.97 Å². The van der Waals surface area contributed by atoms with Crippen LogP contribution in [0.3, 0.4) is 0 Å². The predicted octanol–water partition coefficient (Wildman–Crippen LogP) is 2.91. The Morgan fingerprint density at radius 1 is 1.05 bits per heavy atom. The molecule has 0 fully saturated rings. The standard InChI is InChI=1S/C15H12N2O2/c16-11-5-7-12(8-6-11)17-13-4-2-1-3-10(13)9-14(17)15(18)19/h1-9H,16H2,(H,18,19). The van der Waals surface area contributed by atoms with Crippen molar-refractivity contribution in [1.29, 1.82) is 0 Å². The highest BCUT2D eigenvalue weighted by Crippen LogP contribution is 2.24. The van der Waals surface area contributed by atoms with Crippen LogP contribution in [0.4, 0.5) is 5.69 Å². The molecule has 4 heteroatoms. The lowest BCUT2D eigenvalue weighted by Crippen LogP contribution is -2.06. The quantitative estimate of drug-likeness (QED) is 0.689. The topological polar surface area (TPSA) is 68.2 Å². The Bertz CT molecular complexity index is 757. The van der Waals surface area contributed by atoms with Gasteiger partial charge in [-0.3, -0.25) is 0 Å². The van der Waals surface area contributed by atoms with E-state index in [0.29, 0.717) is 5.69 Å². The number of anilines is 1. The van der Waals surface area contributed by atoms with Gasteiger partial charge in [-0.15, -0.1) is 0 Å². The molecule has 2 aromatic carbocycles. The molecular formula is C15H12N2O2. The van der Waals surface area contributed by atoms with Crippen LogP contribution in [0.5, 0.6) is 0 Å². The molecule has 3 aromatic rings. The number of nitrogens with zero attached hydrogens (tertiary/aromatic N) is 1. The highest BCUT2D eigenvalue weighted by atomic mass is 16.4. The molecule has 0 amide bonds. The van der Waals surface area contributed by atoms with E-state index in [-0.39, 0.29) is 5.69 Å². The number of aromatic carboxylic acids is 1. The van der Waals surface area contributed by atoms with E-state index < -0.39 is 5.97 Å². The minimum Gasteiger partial charge on any atom is -0.477 e. The first-order valence-electron chi connectivity index (χ1n) is 5.86. The number of aromatic nitrogens is 1. The molecule has 94 valence electrons. The van der Waals surface area contributed by atoms with Crippen molar-refractivity contribution in [2.75, 3.05) is 5.73 Å². The molecule has 0 saturated carbocycles. The molecule has 0 spiro atoms. The summed E-state index contributed by atoms with van der Waals surface area (Å²) in [5, 5.41) is 10.2. The van der Waals surface area contributed by atoms with Gasteiger partial charge in [-0.1, -0.05) is 18.2 Å². The highest BCUT2D eigenvalue weighted by Gasteiger charge is 2.15. The van der Waals surface area contributed by atoms with E-state index in [0.717, 1.165) is 16.6 Å². The molecule has 0 aliphatic rings. The van der Waals surface area contributed by atoms with Gasteiger partial charge in [0.2, 0.25) is 0 Å². The maximum Gasteiger partial charge on any atom is 0.352 e. The molecule has 0 aliphatic carbocycles. The van der Waals surface area contributed by atoms with Crippen molar-refractivity contribution in [3.8, 4) is 5.69 Å². The fourth-order valence-electron chi connectivity index (χ4n) is 2.21. The second-order valence-electron chi connectivity index (χ2n) is 4.32. The number of carbonyl (C=O) groups is 1. The molecule has 3 rings (SSSR count). The summed E-state index contributed by atoms with van der Waals surface area (Å²) < 4.78 is 1.72. The Hall–Kier alpha value is -2.75. The van der Waals surface area contributed by atoms with Crippen LogP contribution < -0.4 is 5.73 Å². The van der Waals surface area contributed by atoms with Crippen LogP contribution in [-0.2, 0) is 0 Å². The molecule has 0 unspecified atom stereocenters. The third-order valence-corrected chi connectivity index (χ3v) is 3.08. The molecule has 0 radical (unpaired) electrons. The minimum absolute atomic E-state index is 0.242. The fourth-order valence-corrected chi connectivity index (χ4v) is 2.21. The number of rotatable bonds is 2. The van der Waals surface area contributed by atoms with Crippen LogP contribution in [0.25, 0.3) is 16.6 Å². The number of fused-ring (bicyclic) bond motifs is 1. The molecule has 0 bridgehead atoms. The monoisotopic (exact) mass is 252 g/mol. The van der Waals surface area contributed by atoms with Gasteiger partial charge in [0.25, 0.3) is 0 Å². The molecule has 19 heavy (non-hydrogen) atoms. The first-order chi connectivity index (χ1) is 9.16. The summed E-state index contributed by atoms with van der Waals surface area (Å²) in [6, 6.07) is 16.4. The summed E-state index contributed by atoms with van der Waals surface area (Å²) in [6.07, 6.45) is 0. The van der Waals surface area contributed by atoms with Crippen molar-refractivity contribution in [3.05, 3.63) is 60.3 Å². The summed E-state index contributed by atoms with van der Waals surface area (Å²) in [4.78, 5) is 11.4. The lowest BCUT2D eigenvalue weighted by atomic mass is 10.2. The normalized spacial score (nSPS) is 10.7. The van der Waals surface area contributed by atoms with E-state index in [1.165, 1.54) is 0 Å². The number of benzene rings is 2. The predicted molar refractivity (Wildman–Crippen MR) is 74.6 cm³/mol. The molecule has 1 aromatic heterocycles. The van der Waals surface area contributed by atoms with Crippen LogP contribution in [0.15, 0.2) is 54.6 Å². The van der Waals surface area contributed by atoms with Gasteiger partial charge in [0.05, 0.1) is 5.52 Å². The number of carboxylic acid groups (broad SMARTS) is 1. The number of hydrogen-bond donors (Lipinski definition) is 2. The number of nitrogens with two attached hydrogens (primary N) is 1. The summed E-state index contributed by atoms with van der Waals surface area (Å²) in [5.41, 5.74) is 8.21. The van der Waals surface area contributed by atoms with E-state index in [4.69, 9.17) is 5.73 Å². The number of carboxylic acids is 1.